The van der Waals surface area contributed by atoms with E-state index in [1.54, 1.807) is 0 Å². The highest BCUT2D eigenvalue weighted by molar-refractivity contribution is 5.81. The van der Waals surface area contributed by atoms with Gasteiger partial charge in [-0.25, -0.2) is 0 Å². The van der Waals surface area contributed by atoms with Gasteiger partial charge in [0.2, 0.25) is 5.91 Å². The lowest BCUT2D eigenvalue weighted by Gasteiger charge is -2.36. The van der Waals surface area contributed by atoms with Crippen LogP contribution in [0.5, 0.6) is 0 Å². The summed E-state index contributed by atoms with van der Waals surface area (Å²) in [6.07, 6.45) is 3.22. The van der Waals surface area contributed by atoms with E-state index in [1.165, 1.54) is 0 Å². The Morgan fingerprint density at radius 3 is 2.35 bits per heavy atom. The number of hydrogen-bond donors (Lipinski definition) is 1. The highest BCUT2D eigenvalue weighted by Crippen LogP contribution is 2.26. The number of amides is 1. The molecule has 0 aromatic rings. The van der Waals surface area contributed by atoms with Crippen LogP contribution in [0, 0.1) is 11.3 Å². The first kappa shape index (κ1) is 14.5. The fourth-order valence-electron chi connectivity index (χ4n) is 2.27. The van der Waals surface area contributed by atoms with E-state index in [0.29, 0.717) is 5.91 Å². The van der Waals surface area contributed by atoms with Crippen molar-refractivity contribution >= 4 is 5.91 Å². The Morgan fingerprint density at radius 1 is 1.29 bits per heavy atom. The van der Waals surface area contributed by atoms with Crippen LogP contribution in [0.3, 0.4) is 0 Å². The Balaban J connectivity index is 2.39. The molecule has 1 fully saturated rings. The second-order valence-electron chi connectivity index (χ2n) is 5.78. The van der Waals surface area contributed by atoms with Gasteiger partial charge >= 0.3 is 0 Å². The second-order valence-corrected chi connectivity index (χ2v) is 5.78. The summed E-state index contributed by atoms with van der Waals surface area (Å²) in [5.74, 6) is 1.09. The molecule has 1 aliphatic rings. The van der Waals surface area contributed by atoms with Crippen molar-refractivity contribution < 1.29 is 4.79 Å². The summed E-state index contributed by atoms with van der Waals surface area (Å²) in [7, 11) is 0. The number of rotatable bonds is 5. The molecule has 0 radical (unpaired) electrons. The van der Waals surface area contributed by atoms with Gasteiger partial charge in [-0.1, -0.05) is 27.7 Å². The Labute approximate surface area is 106 Å². The van der Waals surface area contributed by atoms with Crippen LogP contribution < -0.4 is 5.32 Å². The molecule has 0 bridgehead atoms. The van der Waals surface area contributed by atoms with E-state index in [1.807, 2.05) is 0 Å². The first-order chi connectivity index (χ1) is 8.01. The highest BCUT2D eigenvalue weighted by atomic mass is 16.2. The van der Waals surface area contributed by atoms with Crippen molar-refractivity contribution in [1.82, 2.24) is 10.2 Å². The summed E-state index contributed by atoms with van der Waals surface area (Å²) in [5.41, 5.74) is -0.186. The molecule has 0 spiro atoms. The molecule has 0 unspecified atom stereocenters. The van der Waals surface area contributed by atoms with Crippen molar-refractivity contribution in [1.29, 1.82) is 0 Å². The highest BCUT2D eigenvalue weighted by Gasteiger charge is 2.32. The summed E-state index contributed by atoms with van der Waals surface area (Å²) < 4.78 is 0. The maximum Gasteiger partial charge on any atom is 0.228 e. The van der Waals surface area contributed by atoms with E-state index in [0.717, 1.165) is 51.4 Å². The summed E-state index contributed by atoms with van der Waals surface area (Å²) in [6, 6.07) is 0. The van der Waals surface area contributed by atoms with Gasteiger partial charge in [0.05, 0.1) is 0 Å². The molecule has 1 rings (SSSR count). The molecule has 0 aromatic heterocycles. The number of nitrogens with one attached hydrogen (secondary N) is 1. The molecule has 17 heavy (non-hydrogen) atoms. The molecule has 0 atom stereocenters. The van der Waals surface area contributed by atoms with Crippen LogP contribution in [-0.4, -0.2) is 37.0 Å². The molecule has 1 saturated heterocycles. The quantitative estimate of drug-likeness (QED) is 0.799. The van der Waals surface area contributed by atoms with Gasteiger partial charge in [-0.2, -0.15) is 0 Å². The third-order valence-electron chi connectivity index (χ3n) is 4.05. The molecule has 1 amide bonds. The van der Waals surface area contributed by atoms with Gasteiger partial charge in [-0.15, -0.1) is 0 Å². The Bertz CT molecular complexity index is 243. The minimum atomic E-state index is -0.186. The van der Waals surface area contributed by atoms with E-state index in [-0.39, 0.29) is 5.41 Å². The smallest absolute Gasteiger partial charge is 0.228 e. The molecule has 100 valence electrons. The van der Waals surface area contributed by atoms with E-state index < -0.39 is 0 Å². The van der Waals surface area contributed by atoms with E-state index >= 15 is 0 Å². The summed E-state index contributed by atoms with van der Waals surface area (Å²) >= 11 is 0. The fourth-order valence-corrected chi connectivity index (χ4v) is 2.27. The van der Waals surface area contributed by atoms with Crippen LogP contribution in [0.15, 0.2) is 0 Å². The second kappa shape index (κ2) is 6.39. The zero-order chi connectivity index (χ0) is 12.9. The Hall–Kier alpha value is -0.570. The molecule has 0 aromatic carbocycles. The van der Waals surface area contributed by atoms with Gasteiger partial charge in [0.1, 0.15) is 0 Å². The lowest BCUT2D eigenvalue weighted by atomic mass is 9.87. The van der Waals surface area contributed by atoms with E-state index in [2.05, 4.69) is 37.9 Å². The average molecular weight is 240 g/mol. The zero-order valence-electron chi connectivity index (χ0n) is 11.9. The number of piperidine rings is 1. The molecular formula is C14H28N2O. The zero-order valence-corrected chi connectivity index (χ0v) is 11.9. The van der Waals surface area contributed by atoms with Crippen LogP contribution in [0.25, 0.3) is 0 Å². The maximum atomic E-state index is 12.3. The molecule has 1 heterocycles. The van der Waals surface area contributed by atoms with Gasteiger partial charge < -0.3 is 10.2 Å². The monoisotopic (exact) mass is 240 g/mol. The summed E-state index contributed by atoms with van der Waals surface area (Å²) in [5, 5.41) is 3.40. The van der Waals surface area contributed by atoms with Crippen molar-refractivity contribution in [2.24, 2.45) is 11.3 Å². The molecular weight excluding hydrogens is 212 g/mol. The minimum Gasteiger partial charge on any atom is -0.342 e. The number of likely N-dealkylation sites (tertiary alicyclic amines) is 1. The van der Waals surface area contributed by atoms with Crippen molar-refractivity contribution in [3.63, 3.8) is 0 Å². The minimum absolute atomic E-state index is 0.186. The molecule has 0 aliphatic carbocycles. The van der Waals surface area contributed by atoms with Crippen molar-refractivity contribution in [2.75, 3.05) is 26.2 Å². The number of nitrogens with zero attached hydrogens (tertiary/aromatic N) is 1. The normalized spacial score (nSPS) is 18.5. The molecule has 3 nitrogen and oxygen atoms in total. The summed E-state index contributed by atoms with van der Waals surface area (Å²) in [6.45, 7) is 12.4. The third-order valence-corrected chi connectivity index (χ3v) is 4.05. The predicted molar refractivity (Wildman–Crippen MR) is 71.9 cm³/mol. The van der Waals surface area contributed by atoms with Crippen LogP contribution in [0.2, 0.25) is 0 Å². The van der Waals surface area contributed by atoms with Gasteiger partial charge in [0, 0.05) is 18.5 Å². The van der Waals surface area contributed by atoms with Gasteiger partial charge in [-0.05, 0) is 38.3 Å². The first-order valence-corrected chi connectivity index (χ1v) is 7.01. The third kappa shape index (κ3) is 3.98. The van der Waals surface area contributed by atoms with Crippen LogP contribution in [0.4, 0.5) is 0 Å². The van der Waals surface area contributed by atoms with Gasteiger partial charge in [0.25, 0.3) is 0 Å². The summed E-state index contributed by atoms with van der Waals surface area (Å²) in [4.78, 5) is 14.3. The van der Waals surface area contributed by atoms with Crippen molar-refractivity contribution in [3.05, 3.63) is 0 Å². The molecule has 1 aliphatic heterocycles. The molecule has 0 saturated carbocycles. The predicted octanol–water partition coefficient (Wildman–Crippen LogP) is 2.27. The van der Waals surface area contributed by atoms with Crippen LogP contribution in [0.1, 0.15) is 47.0 Å². The van der Waals surface area contributed by atoms with Gasteiger partial charge in [0.15, 0.2) is 0 Å². The number of hydrogen-bond acceptors (Lipinski definition) is 2. The molecule has 1 N–H and O–H groups in total. The number of carbonyl (C=O) groups is 1. The van der Waals surface area contributed by atoms with Crippen molar-refractivity contribution in [2.45, 2.75) is 47.0 Å². The van der Waals surface area contributed by atoms with E-state index in [4.69, 9.17) is 0 Å². The molecule has 3 heteroatoms. The lowest BCUT2D eigenvalue weighted by molar-refractivity contribution is -0.142. The standard InChI is InChI=1S/C14H28N2O/c1-5-14(3,4)13(17)16-9-7-12(8-10-16)11-15-6-2/h12,15H,5-11H2,1-4H3. The van der Waals surface area contributed by atoms with E-state index in [9.17, 15) is 4.79 Å². The Morgan fingerprint density at radius 2 is 1.88 bits per heavy atom. The van der Waals surface area contributed by atoms with Gasteiger partial charge in [-0.3, -0.25) is 4.79 Å². The SMILES string of the molecule is CCNCC1CCN(C(=O)C(C)(C)CC)CC1. The van der Waals surface area contributed by atoms with Crippen molar-refractivity contribution in [3.8, 4) is 0 Å². The Kier molecular flexibility index (Phi) is 5.44. The lowest BCUT2D eigenvalue weighted by Crippen LogP contribution is -2.46. The largest absolute Gasteiger partial charge is 0.342 e. The topological polar surface area (TPSA) is 32.3 Å². The first-order valence-electron chi connectivity index (χ1n) is 7.01. The fraction of sp³-hybridized carbons (Fsp3) is 0.929. The average Bonchev–Trinajstić information content (AvgIpc) is 2.36. The van der Waals surface area contributed by atoms with Crippen LogP contribution >= 0.6 is 0 Å². The van der Waals surface area contributed by atoms with Crippen LogP contribution in [-0.2, 0) is 4.79 Å². The number of carbonyl (C=O) groups excluding carboxylic acids is 1. The maximum absolute atomic E-state index is 12.3.